The Kier molecular flexibility index (Phi) is 7.05. The van der Waals surface area contributed by atoms with Gasteiger partial charge in [-0.05, 0) is 38.5 Å². The number of carbonyl (C=O) groups excluding carboxylic acids is 1. The molecule has 0 saturated heterocycles. The highest BCUT2D eigenvalue weighted by Gasteiger charge is 2.26. The minimum atomic E-state index is -0.402. The normalized spacial score (nSPS) is 14.2. The Hall–Kier alpha value is -0.580. The molecule has 0 fully saturated rings. The van der Waals surface area contributed by atoms with Crippen LogP contribution in [0.2, 0.25) is 0 Å². The van der Waals surface area contributed by atoms with Crippen molar-refractivity contribution in [1.82, 2.24) is 5.32 Å². The van der Waals surface area contributed by atoms with E-state index >= 15 is 0 Å². The Morgan fingerprint density at radius 3 is 2.16 bits per heavy atom. The summed E-state index contributed by atoms with van der Waals surface area (Å²) in [5.41, 5.74) is 6.41. The van der Waals surface area contributed by atoms with Crippen LogP contribution in [0.25, 0.3) is 0 Å². The highest BCUT2D eigenvalue weighted by atomic mass is 79.9. The van der Waals surface area contributed by atoms with Gasteiger partial charge in [0.15, 0.2) is 0 Å². The van der Waals surface area contributed by atoms with Gasteiger partial charge in [-0.1, -0.05) is 35.0 Å². The molecule has 0 aliphatic heterocycles. The van der Waals surface area contributed by atoms with Gasteiger partial charge in [0, 0.05) is 16.4 Å². The van der Waals surface area contributed by atoms with E-state index in [1.807, 2.05) is 52.0 Å². The van der Waals surface area contributed by atoms with Crippen LogP contribution in [0.5, 0.6) is 0 Å². The molecular formula is C14H22BrClN2O. The molecule has 0 saturated carbocycles. The van der Waals surface area contributed by atoms with Crippen molar-refractivity contribution in [2.75, 3.05) is 0 Å². The van der Waals surface area contributed by atoms with Crippen molar-refractivity contribution in [3.8, 4) is 0 Å². The molecule has 0 radical (unpaired) electrons. The quantitative estimate of drug-likeness (QED) is 0.877. The largest absolute Gasteiger partial charge is 0.347 e. The lowest BCUT2D eigenvalue weighted by Crippen LogP contribution is -2.47. The molecule has 1 amide bonds. The van der Waals surface area contributed by atoms with E-state index in [9.17, 15) is 4.79 Å². The third kappa shape index (κ3) is 5.13. The second-order valence-corrected chi connectivity index (χ2v) is 6.18. The van der Waals surface area contributed by atoms with E-state index in [0.717, 1.165) is 10.0 Å². The number of benzene rings is 1. The number of amides is 1. The molecule has 0 aliphatic rings. The number of rotatable bonds is 4. The van der Waals surface area contributed by atoms with Gasteiger partial charge in [-0.3, -0.25) is 4.79 Å². The summed E-state index contributed by atoms with van der Waals surface area (Å²) in [4.78, 5) is 12.0. The average molecular weight is 350 g/mol. The van der Waals surface area contributed by atoms with Crippen molar-refractivity contribution in [1.29, 1.82) is 0 Å². The fourth-order valence-electron chi connectivity index (χ4n) is 1.60. The van der Waals surface area contributed by atoms with E-state index in [1.54, 1.807) is 0 Å². The lowest BCUT2D eigenvalue weighted by atomic mass is 9.92. The molecule has 3 N–H and O–H groups in total. The van der Waals surface area contributed by atoms with Gasteiger partial charge < -0.3 is 11.1 Å². The number of nitrogens with two attached hydrogens (primary N) is 1. The zero-order chi connectivity index (χ0) is 13.9. The van der Waals surface area contributed by atoms with E-state index in [1.165, 1.54) is 0 Å². The van der Waals surface area contributed by atoms with Crippen molar-refractivity contribution in [3.63, 3.8) is 0 Å². The Morgan fingerprint density at radius 1 is 1.26 bits per heavy atom. The molecule has 1 aromatic carbocycles. The molecule has 3 nitrogen and oxygen atoms in total. The third-order valence-electron chi connectivity index (χ3n) is 3.20. The lowest BCUT2D eigenvalue weighted by Gasteiger charge is -2.29. The lowest BCUT2D eigenvalue weighted by molar-refractivity contribution is -0.126. The molecule has 1 rings (SSSR count). The Labute approximate surface area is 129 Å². The van der Waals surface area contributed by atoms with E-state index in [2.05, 4.69) is 21.2 Å². The molecule has 0 heterocycles. The summed E-state index contributed by atoms with van der Waals surface area (Å²) in [5.74, 6) is -0.211. The number of carbonyl (C=O) groups is 1. The number of halogens is 2. The smallest absolute Gasteiger partial charge is 0.225 e. The van der Waals surface area contributed by atoms with Gasteiger partial charge in [0.2, 0.25) is 5.91 Å². The first-order chi connectivity index (χ1) is 8.24. The predicted octanol–water partition coefficient (Wildman–Crippen LogP) is 3.21. The van der Waals surface area contributed by atoms with Crippen LogP contribution in [0, 0.1) is 5.92 Å². The maximum Gasteiger partial charge on any atom is 0.225 e. The van der Waals surface area contributed by atoms with E-state index in [4.69, 9.17) is 5.73 Å². The second kappa shape index (κ2) is 7.27. The van der Waals surface area contributed by atoms with Gasteiger partial charge in [0.05, 0.1) is 5.54 Å². The minimum Gasteiger partial charge on any atom is -0.347 e. The highest BCUT2D eigenvalue weighted by molar-refractivity contribution is 9.10. The average Bonchev–Trinajstić information content (AvgIpc) is 2.27. The number of hydrogen-bond donors (Lipinski definition) is 2. The number of nitrogens with one attached hydrogen (secondary N) is 1. The van der Waals surface area contributed by atoms with Crippen LogP contribution in [-0.4, -0.2) is 11.9 Å². The molecule has 19 heavy (non-hydrogen) atoms. The van der Waals surface area contributed by atoms with Crippen molar-refractivity contribution in [3.05, 3.63) is 34.3 Å². The van der Waals surface area contributed by atoms with Crippen LogP contribution >= 0.6 is 28.3 Å². The summed E-state index contributed by atoms with van der Waals surface area (Å²) < 4.78 is 1.03. The van der Waals surface area contributed by atoms with Gasteiger partial charge in [-0.25, -0.2) is 0 Å². The first kappa shape index (κ1) is 18.4. The van der Waals surface area contributed by atoms with Crippen molar-refractivity contribution >= 4 is 34.2 Å². The van der Waals surface area contributed by atoms with Crippen LogP contribution < -0.4 is 11.1 Å². The summed E-state index contributed by atoms with van der Waals surface area (Å²) in [7, 11) is 0. The third-order valence-corrected chi connectivity index (χ3v) is 3.73. The summed E-state index contributed by atoms with van der Waals surface area (Å²) in [6, 6.07) is 7.80. The summed E-state index contributed by atoms with van der Waals surface area (Å²) in [5, 5.41) is 3.04. The van der Waals surface area contributed by atoms with Crippen LogP contribution in [0.15, 0.2) is 28.7 Å². The Morgan fingerprint density at radius 2 is 1.74 bits per heavy atom. The van der Waals surface area contributed by atoms with Crippen molar-refractivity contribution < 1.29 is 4.79 Å². The van der Waals surface area contributed by atoms with Crippen molar-refractivity contribution in [2.45, 2.75) is 39.3 Å². The summed E-state index contributed by atoms with van der Waals surface area (Å²) in [6.07, 6.45) is 0. The maximum absolute atomic E-state index is 12.0. The maximum atomic E-state index is 12.0. The predicted molar refractivity (Wildman–Crippen MR) is 85.4 cm³/mol. The van der Waals surface area contributed by atoms with Crippen LogP contribution in [0.1, 0.15) is 33.3 Å². The van der Waals surface area contributed by atoms with Gasteiger partial charge in [0.1, 0.15) is 0 Å². The molecule has 2 unspecified atom stereocenters. The zero-order valence-corrected chi connectivity index (χ0v) is 14.1. The van der Waals surface area contributed by atoms with Gasteiger partial charge in [0.25, 0.3) is 0 Å². The van der Waals surface area contributed by atoms with E-state index in [0.29, 0.717) is 0 Å². The molecule has 0 aliphatic carbocycles. The first-order valence-corrected chi connectivity index (χ1v) is 6.87. The number of hydrogen-bond acceptors (Lipinski definition) is 2. The SMILES string of the molecule is CC(N)C(C)C(=O)NC(C)(C)c1ccc(Br)cc1.Cl. The van der Waals surface area contributed by atoms with Gasteiger partial charge in [-0.15, -0.1) is 12.4 Å². The monoisotopic (exact) mass is 348 g/mol. The highest BCUT2D eigenvalue weighted by Crippen LogP contribution is 2.22. The Bertz CT molecular complexity index is 418. The zero-order valence-electron chi connectivity index (χ0n) is 11.7. The molecule has 0 aromatic heterocycles. The van der Waals surface area contributed by atoms with Crippen LogP contribution in [0.3, 0.4) is 0 Å². The summed E-state index contributed by atoms with van der Waals surface area (Å²) in [6.45, 7) is 7.67. The fourth-order valence-corrected chi connectivity index (χ4v) is 1.86. The summed E-state index contributed by atoms with van der Waals surface area (Å²) >= 11 is 3.40. The topological polar surface area (TPSA) is 55.1 Å². The molecule has 0 bridgehead atoms. The molecule has 108 valence electrons. The van der Waals surface area contributed by atoms with Crippen LogP contribution in [0.4, 0.5) is 0 Å². The van der Waals surface area contributed by atoms with Gasteiger partial charge in [-0.2, -0.15) is 0 Å². The van der Waals surface area contributed by atoms with Gasteiger partial charge >= 0.3 is 0 Å². The molecule has 5 heteroatoms. The van der Waals surface area contributed by atoms with E-state index in [-0.39, 0.29) is 30.3 Å². The molecular weight excluding hydrogens is 328 g/mol. The van der Waals surface area contributed by atoms with E-state index < -0.39 is 5.54 Å². The molecule has 1 aromatic rings. The first-order valence-electron chi connectivity index (χ1n) is 6.07. The molecule has 0 spiro atoms. The van der Waals surface area contributed by atoms with Crippen molar-refractivity contribution in [2.24, 2.45) is 11.7 Å². The second-order valence-electron chi connectivity index (χ2n) is 5.27. The van der Waals surface area contributed by atoms with Crippen LogP contribution in [-0.2, 0) is 10.3 Å². The Balaban J connectivity index is 0.00000324. The molecule has 2 atom stereocenters. The minimum absolute atomic E-state index is 0. The standard InChI is InChI=1S/C14H21BrN2O.ClH/c1-9(10(2)16)13(18)17-14(3,4)11-5-7-12(15)8-6-11;/h5-10H,16H2,1-4H3,(H,17,18);1H. The fraction of sp³-hybridized carbons (Fsp3) is 0.500.